The fourth-order valence-electron chi connectivity index (χ4n) is 0.967. The SMILES string of the molecule is Cc1cc(=O)c(C(N)=O)c(N)[nH]1. The normalized spacial score (nSPS) is 9.75. The second-order valence-corrected chi connectivity index (χ2v) is 2.47. The lowest BCUT2D eigenvalue weighted by atomic mass is 10.2. The van der Waals surface area contributed by atoms with Crippen LogP contribution in [0.2, 0.25) is 0 Å². The van der Waals surface area contributed by atoms with Crippen molar-refractivity contribution in [3.63, 3.8) is 0 Å². The zero-order chi connectivity index (χ0) is 9.30. The van der Waals surface area contributed by atoms with Crippen LogP contribution >= 0.6 is 0 Å². The summed E-state index contributed by atoms with van der Waals surface area (Å²) in [4.78, 5) is 24.4. The minimum atomic E-state index is -0.811. The summed E-state index contributed by atoms with van der Waals surface area (Å²) in [5.41, 5.74) is 10.3. The van der Waals surface area contributed by atoms with Gasteiger partial charge in [-0.25, -0.2) is 0 Å². The molecule has 64 valence electrons. The van der Waals surface area contributed by atoms with Gasteiger partial charge in [0.25, 0.3) is 5.91 Å². The van der Waals surface area contributed by atoms with Gasteiger partial charge in [0.1, 0.15) is 11.4 Å². The van der Waals surface area contributed by atoms with Crippen LogP contribution < -0.4 is 16.9 Å². The second-order valence-electron chi connectivity index (χ2n) is 2.47. The third kappa shape index (κ3) is 1.29. The number of rotatable bonds is 1. The first-order chi connectivity index (χ1) is 5.52. The molecule has 0 saturated heterocycles. The van der Waals surface area contributed by atoms with E-state index < -0.39 is 11.3 Å². The van der Waals surface area contributed by atoms with Gasteiger partial charge in [0, 0.05) is 11.8 Å². The van der Waals surface area contributed by atoms with Crippen LogP contribution in [-0.2, 0) is 0 Å². The summed E-state index contributed by atoms with van der Waals surface area (Å²) >= 11 is 0. The van der Waals surface area contributed by atoms with Crippen LogP contribution in [0.25, 0.3) is 0 Å². The third-order valence-electron chi connectivity index (χ3n) is 1.44. The summed E-state index contributed by atoms with van der Waals surface area (Å²) in [6, 6.07) is 1.27. The molecule has 5 heteroatoms. The standard InChI is InChI=1S/C7H9N3O2/c1-3-2-4(11)5(7(9)12)6(8)10-3/h2H,1H3,(H2,9,12)(H3,8,10,11). The molecule has 1 aromatic heterocycles. The number of nitrogens with one attached hydrogen (secondary N) is 1. The Labute approximate surface area is 68.4 Å². The van der Waals surface area contributed by atoms with Crippen LogP contribution in [0.3, 0.4) is 0 Å². The molecule has 0 aromatic carbocycles. The summed E-state index contributed by atoms with van der Waals surface area (Å²) in [5.74, 6) is -0.791. The van der Waals surface area contributed by atoms with E-state index in [1.165, 1.54) is 6.07 Å². The fourth-order valence-corrected chi connectivity index (χ4v) is 0.967. The van der Waals surface area contributed by atoms with Gasteiger partial charge in [-0.3, -0.25) is 9.59 Å². The lowest BCUT2D eigenvalue weighted by Crippen LogP contribution is -2.24. The van der Waals surface area contributed by atoms with E-state index in [-0.39, 0.29) is 11.4 Å². The van der Waals surface area contributed by atoms with Crippen molar-refractivity contribution in [2.75, 3.05) is 5.73 Å². The Morgan fingerprint density at radius 3 is 2.58 bits per heavy atom. The molecule has 5 N–H and O–H groups in total. The highest BCUT2D eigenvalue weighted by Gasteiger charge is 2.10. The van der Waals surface area contributed by atoms with Crippen LogP contribution in [0.15, 0.2) is 10.9 Å². The van der Waals surface area contributed by atoms with Crippen molar-refractivity contribution in [2.24, 2.45) is 5.73 Å². The first kappa shape index (κ1) is 8.32. The molecule has 1 amide bonds. The zero-order valence-electron chi connectivity index (χ0n) is 6.55. The Morgan fingerprint density at radius 2 is 2.17 bits per heavy atom. The van der Waals surface area contributed by atoms with Crippen LogP contribution in [0, 0.1) is 6.92 Å². The number of nitrogens with two attached hydrogens (primary N) is 2. The lowest BCUT2D eigenvalue weighted by Gasteiger charge is -2.01. The highest BCUT2D eigenvalue weighted by atomic mass is 16.2. The highest BCUT2D eigenvalue weighted by Crippen LogP contribution is 2.02. The number of H-pyrrole nitrogens is 1. The number of hydrogen-bond donors (Lipinski definition) is 3. The molecule has 0 saturated carbocycles. The molecular formula is C7H9N3O2. The monoisotopic (exact) mass is 167 g/mol. The number of hydrogen-bond acceptors (Lipinski definition) is 3. The van der Waals surface area contributed by atoms with Crippen LogP contribution in [0.4, 0.5) is 5.82 Å². The Morgan fingerprint density at radius 1 is 1.58 bits per heavy atom. The van der Waals surface area contributed by atoms with Crippen molar-refractivity contribution in [3.8, 4) is 0 Å². The molecule has 0 radical (unpaired) electrons. The van der Waals surface area contributed by atoms with Crippen molar-refractivity contribution in [1.29, 1.82) is 0 Å². The Kier molecular flexibility index (Phi) is 1.86. The van der Waals surface area contributed by atoms with E-state index in [2.05, 4.69) is 4.98 Å². The number of carbonyl (C=O) groups is 1. The Hall–Kier alpha value is -1.78. The third-order valence-corrected chi connectivity index (χ3v) is 1.44. The molecule has 12 heavy (non-hydrogen) atoms. The van der Waals surface area contributed by atoms with Crippen LogP contribution in [0.5, 0.6) is 0 Å². The number of aromatic nitrogens is 1. The maximum atomic E-state index is 11.1. The molecule has 0 aliphatic heterocycles. The van der Waals surface area contributed by atoms with E-state index in [0.717, 1.165) is 0 Å². The van der Waals surface area contributed by atoms with Gasteiger partial charge in [-0.15, -0.1) is 0 Å². The summed E-state index contributed by atoms with van der Waals surface area (Å²) in [6.07, 6.45) is 0. The first-order valence-electron chi connectivity index (χ1n) is 3.31. The van der Waals surface area contributed by atoms with Gasteiger partial charge in [-0.1, -0.05) is 0 Å². The van der Waals surface area contributed by atoms with Gasteiger partial charge >= 0.3 is 0 Å². The maximum Gasteiger partial charge on any atom is 0.256 e. The first-order valence-corrected chi connectivity index (χ1v) is 3.31. The largest absolute Gasteiger partial charge is 0.384 e. The van der Waals surface area contributed by atoms with Crippen molar-refractivity contribution in [1.82, 2.24) is 4.98 Å². The second kappa shape index (κ2) is 2.69. The number of anilines is 1. The van der Waals surface area contributed by atoms with E-state index in [1.807, 2.05) is 0 Å². The van der Waals surface area contributed by atoms with Gasteiger partial charge < -0.3 is 16.5 Å². The Balaban J connectivity index is 3.49. The topological polar surface area (TPSA) is 102 Å². The van der Waals surface area contributed by atoms with Crippen LogP contribution in [-0.4, -0.2) is 10.9 Å². The van der Waals surface area contributed by atoms with Crippen molar-refractivity contribution in [2.45, 2.75) is 6.92 Å². The summed E-state index contributed by atoms with van der Waals surface area (Å²) in [5, 5.41) is 0. The molecule has 0 fully saturated rings. The van der Waals surface area contributed by atoms with Crippen molar-refractivity contribution in [3.05, 3.63) is 27.5 Å². The smallest absolute Gasteiger partial charge is 0.256 e. The molecule has 0 aliphatic carbocycles. The fraction of sp³-hybridized carbons (Fsp3) is 0.143. The quantitative estimate of drug-likeness (QED) is 0.518. The molecule has 0 atom stereocenters. The number of carbonyl (C=O) groups excluding carboxylic acids is 1. The number of aromatic amines is 1. The number of pyridine rings is 1. The summed E-state index contributed by atoms with van der Waals surface area (Å²) in [7, 11) is 0. The molecule has 0 unspecified atom stereocenters. The summed E-state index contributed by atoms with van der Waals surface area (Å²) in [6.45, 7) is 1.67. The van der Waals surface area contributed by atoms with E-state index >= 15 is 0 Å². The van der Waals surface area contributed by atoms with Gasteiger partial charge in [-0.05, 0) is 6.92 Å². The van der Waals surface area contributed by atoms with E-state index in [4.69, 9.17) is 11.5 Å². The number of amides is 1. The molecular weight excluding hydrogens is 158 g/mol. The average molecular weight is 167 g/mol. The molecule has 1 rings (SSSR count). The van der Waals surface area contributed by atoms with Crippen molar-refractivity contribution >= 4 is 11.7 Å². The highest BCUT2D eigenvalue weighted by molar-refractivity contribution is 5.96. The van der Waals surface area contributed by atoms with E-state index in [9.17, 15) is 9.59 Å². The molecule has 0 spiro atoms. The van der Waals surface area contributed by atoms with Gasteiger partial charge in [0.15, 0.2) is 5.43 Å². The minimum Gasteiger partial charge on any atom is -0.384 e. The van der Waals surface area contributed by atoms with Crippen LogP contribution in [0.1, 0.15) is 16.1 Å². The number of nitrogen functional groups attached to an aromatic ring is 1. The summed E-state index contributed by atoms with van der Waals surface area (Å²) < 4.78 is 0. The number of aryl methyl sites for hydroxylation is 1. The lowest BCUT2D eigenvalue weighted by molar-refractivity contribution is 0.1000. The average Bonchev–Trinajstić information content (AvgIpc) is 1.82. The molecule has 1 aromatic rings. The molecule has 0 bridgehead atoms. The number of primary amides is 1. The van der Waals surface area contributed by atoms with E-state index in [1.54, 1.807) is 6.92 Å². The molecule has 5 nitrogen and oxygen atoms in total. The predicted molar refractivity (Wildman–Crippen MR) is 44.7 cm³/mol. The predicted octanol–water partition coefficient (Wildman–Crippen LogP) is -0.636. The maximum absolute atomic E-state index is 11.1. The van der Waals surface area contributed by atoms with E-state index in [0.29, 0.717) is 5.69 Å². The van der Waals surface area contributed by atoms with Gasteiger partial charge in [-0.2, -0.15) is 0 Å². The zero-order valence-corrected chi connectivity index (χ0v) is 6.55. The minimum absolute atomic E-state index is 0.0208. The Bertz CT molecular complexity index is 381. The van der Waals surface area contributed by atoms with Gasteiger partial charge in [0.05, 0.1) is 0 Å². The molecule has 1 heterocycles. The van der Waals surface area contributed by atoms with Gasteiger partial charge in [0.2, 0.25) is 0 Å². The van der Waals surface area contributed by atoms with Crippen molar-refractivity contribution < 1.29 is 4.79 Å². The molecule has 0 aliphatic rings.